The highest BCUT2D eigenvalue weighted by atomic mass is 32.2. The predicted molar refractivity (Wildman–Crippen MR) is 104 cm³/mol. The van der Waals surface area contributed by atoms with Crippen LogP contribution in [0.25, 0.3) is 11.4 Å². The zero-order valence-corrected chi connectivity index (χ0v) is 16.2. The number of rotatable bonds is 8. The number of nitrogens with zero attached hydrogens (tertiary/aromatic N) is 4. The maximum Gasteiger partial charge on any atom is 0.239 e. The van der Waals surface area contributed by atoms with E-state index in [0.29, 0.717) is 16.1 Å². The number of H-pyrrole nitrogens is 1. The number of nitrogens with one attached hydrogen (secondary N) is 2. The molecular weight excluding hydrogens is 368 g/mol. The smallest absolute Gasteiger partial charge is 0.239 e. The number of anilines is 1. The second kappa shape index (κ2) is 8.91. The van der Waals surface area contributed by atoms with Gasteiger partial charge >= 0.3 is 0 Å². The van der Waals surface area contributed by atoms with E-state index < -0.39 is 0 Å². The van der Waals surface area contributed by atoms with Gasteiger partial charge in [-0.15, -0.1) is 15.3 Å². The van der Waals surface area contributed by atoms with Crippen LogP contribution in [0.1, 0.15) is 31.7 Å². The van der Waals surface area contributed by atoms with Gasteiger partial charge in [-0.05, 0) is 13.3 Å². The average molecular weight is 389 g/mol. The van der Waals surface area contributed by atoms with Crippen molar-refractivity contribution in [1.82, 2.24) is 25.4 Å². The summed E-state index contributed by atoms with van der Waals surface area (Å²) in [5.74, 6) is 0.546. The largest absolute Gasteiger partial charge is 0.300 e. The number of unbranched alkanes of at least 4 members (excludes halogenated alkanes) is 1. The molecule has 7 nitrogen and oxygen atoms in total. The lowest BCUT2D eigenvalue weighted by Gasteiger charge is -2.07. The number of carbonyl (C=O) groups is 1. The van der Waals surface area contributed by atoms with Crippen molar-refractivity contribution in [1.29, 1.82) is 0 Å². The van der Waals surface area contributed by atoms with E-state index in [0.717, 1.165) is 29.8 Å². The summed E-state index contributed by atoms with van der Waals surface area (Å²) in [7, 11) is 0. The Hall–Kier alpha value is -2.26. The molecule has 2 heterocycles. The van der Waals surface area contributed by atoms with E-state index in [1.807, 2.05) is 37.3 Å². The van der Waals surface area contributed by atoms with Gasteiger partial charge in [0, 0.05) is 12.0 Å². The van der Waals surface area contributed by atoms with Crippen LogP contribution in [0.4, 0.5) is 5.13 Å². The van der Waals surface area contributed by atoms with Crippen LogP contribution in [-0.2, 0) is 11.2 Å². The number of benzene rings is 1. The second-order valence-electron chi connectivity index (χ2n) is 5.69. The Balaban J connectivity index is 1.56. The van der Waals surface area contributed by atoms with Gasteiger partial charge < -0.3 is 0 Å². The van der Waals surface area contributed by atoms with Crippen LogP contribution in [-0.4, -0.2) is 36.5 Å². The van der Waals surface area contributed by atoms with Crippen LogP contribution in [0.3, 0.4) is 0 Å². The van der Waals surface area contributed by atoms with Gasteiger partial charge in [-0.25, -0.2) is 4.98 Å². The number of aromatic nitrogens is 5. The summed E-state index contributed by atoms with van der Waals surface area (Å²) >= 11 is 2.72. The molecule has 0 aliphatic rings. The fourth-order valence-electron chi connectivity index (χ4n) is 2.18. The SMILES string of the molecule is CCCCc1nnc(NC(=O)C(C)Sc2n[nH]c(-c3ccccc3)n2)s1. The summed E-state index contributed by atoms with van der Waals surface area (Å²) in [6, 6.07) is 9.74. The minimum absolute atomic E-state index is 0.140. The Kier molecular flexibility index (Phi) is 6.35. The molecule has 2 aromatic heterocycles. The van der Waals surface area contributed by atoms with Crippen molar-refractivity contribution in [2.45, 2.75) is 43.5 Å². The molecule has 3 aromatic rings. The molecule has 0 saturated carbocycles. The molecule has 9 heteroatoms. The van der Waals surface area contributed by atoms with E-state index in [2.05, 4.69) is 37.6 Å². The van der Waals surface area contributed by atoms with Crippen molar-refractivity contribution in [3.05, 3.63) is 35.3 Å². The van der Waals surface area contributed by atoms with Gasteiger partial charge in [-0.2, -0.15) is 0 Å². The maximum atomic E-state index is 12.4. The monoisotopic (exact) mass is 388 g/mol. The molecular formula is C17H20N6OS2. The molecule has 0 aliphatic carbocycles. The lowest BCUT2D eigenvalue weighted by Crippen LogP contribution is -2.22. The Morgan fingerprint density at radius 2 is 2.12 bits per heavy atom. The van der Waals surface area contributed by atoms with Gasteiger partial charge in [-0.1, -0.05) is 66.8 Å². The molecule has 0 aliphatic heterocycles. The third-order valence-corrected chi connectivity index (χ3v) is 5.46. The quantitative estimate of drug-likeness (QED) is 0.570. The normalized spacial score (nSPS) is 12.1. The van der Waals surface area contributed by atoms with Gasteiger partial charge in [0.15, 0.2) is 5.82 Å². The Labute approximate surface area is 160 Å². The third kappa shape index (κ3) is 4.89. The first-order valence-electron chi connectivity index (χ1n) is 8.43. The van der Waals surface area contributed by atoms with Crippen LogP contribution >= 0.6 is 23.1 Å². The van der Waals surface area contributed by atoms with Crippen LogP contribution in [0.2, 0.25) is 0 Å². The molecule has 0 bridgehead atoms. The fourth-order valence-corrected chi connectivity index (χ4v) is 3.69. The summed E-state index contributed by atoms with van der Waals surface area (Å²) in [5, 5.41) is 19.7. The first kappa shape index (κ1) is 18.5. The zero-order chi connectivity index (χ0) is 18.4. The number of aromatic amines is 1. The van der Waals surface area contributed by atoms with Crippen molar-refractivity contribution >= 4 is 34.1 Å². The zero-order valence-electron chi connectivity index (χ0n) is 14.6. The van der Waals surface area contributed by atoms with Gasteiger partial charge in [-0.3, -0.25) is 15.2 Å². The van der Waals surface area contributed by atoms with Crippen molar-refractivity contribution in [2.75, 3.05) is 5.32 Å². The van der Waals surface area contributed by atoms with Gasteiger partial charge in [0.1, 0.15) is 5.01 Å². The first-order chi connectivity index (χ1) is 12.7. The molecule has 0 spiro atoms. The second-order valence-corrected chi connectivity index (χ2v) is 8.06. The van der Waals surface area contributed by atoms with Crippen molar-refractivity contribution in [3.63, 3.8) is 0 Å². The first-order valence-corrected chi connectivity index (χ1v) is 10.1. The topological polar surface area (TPSA) is 96.5 Å². The van der Waals surface area contributed by atoms with Crippen molar-refractivity contribution in [3.8, 4) is 11.4 Å². The number of thioether (sulfide) groups is 1. The number of amides is 1. The lowest BCUT2D eigenvalue weighted by atomic mass is 10.2. The molecule has 1 unspecified atom stereocenters. The minimum Gasteiger partial charge on any atom is -0.300 e. The minimum atomic E-state index is -0.350. The van der Waals surface area contributed by atoms with E-state index in [-0.39, 0.29) is 11.2 Å². The molecule has 2 N–H and O–H groups in total. The summed E-state index contributed by atoms with van der Waals surface area (Å²) in [5.41, 5.74) is 0.956. The predicted octanol–water partition coefficient (Wildman–Crippen LogP) is 3.79. The molecule has 0 radical (unpaired) electrons. The highest BCUT2D eigenvalue weighted by Gasteiger charge is 2.19. The molecule has 1 amide bonds. The number of hydrogen-bond donors (Lipinski definition) is 2. The summed E-state index contributed by atoms with van der Waals surface area (Å²) in [6.45, 7) is 3.95. The van der Waals surface area contributed by atoms with Gasteiger partial charge in [0.25, 0.3) is 0 Å². The van der Waals surface area contributed by atoms with Crippen molar-refractivity contribution < 1.29 is 4.79 Å². The van der Waals surface area contributed by atoms with E-state index in [1.165, 1.54) is 23.1 Å². The summed E-state index contributed by atoms with van der Waals surface area (Å²) in [6.07, 6.45) is 3.08. The molecule has 3 rings (SSSR count). The van der Waals surface area contributed by atoms with E-state index in [4.69, 9.17) is 0 Å². The fraction of sp³-hybridized carbons (Fsp3) is 0.353. The molecule has 26 heavy (non-hydrogen) atoms. The van der Waals surface area contributed by atoms with Gasteiger partial charge in [0.2, 0.25) is 16.2 Å². The summed E-state index contributed by atoms with van der Waals surface area (Å²) in [4.78, 5) is 16.8. The van der Waals surface area contributed by atoms with Crippen LogP contribution < -0.4 is 5.32 Å². The third-order valence-electron chi connectivity index (χ3n) is 3.60. The van der Waals surface area contributed by atoms with Crippen molar-refractivity contribution in [2.24, 2.45) is 0 Å². The molecule has 1 aromatic carbocycles. The molecule has 136 valence electrons. The number of aryl methyl sites for hydroxylation is 1. The van der Waals surface area contributed by atoms with E-state index in [9.17, 15) is 4.79 Å². The summed E-state index contributed by atoms with van der Waals surface area (Å²) < 4.78 is 0. The number of carbonyl (C=O) groups excluding carboxylic acids is 1. The highest BCUT2D eigenvalue weighted by molar-refractivity contribution is 8.00. The molecule has 0 fully saturated rings. The Morgan fingerprint density at radius 1 is 1.31 bits per heavy atom. The standard InChI is InChI=1S/C17H20N6OS2/c1-3-4-10-13-20-22-17(26-13)19-15(24)11(2)25-16-18-14(21-23-16)12-8-6-5-7-9-12/h5-9,11H,3-4,10H2,1-2H3,(H,18,21,23)(H,19,22,24). The van der Waals surface area contributed by atoms with Crippen LogP contribution in [0.15, 0.2) is 35.5 Å². The lowest BCUT2D eigenvalue weighted by molar-refractivity contribution is -0.115. The Morgan fingerprint density at radius 3 is 2.88 bits per heavy atom. The van der Waals surface area contributed by atoms with Crippen LogP contribution in [0.5, 0.6) is 0 Å². The number of hydrogen-bond acceptors (Lipinski definition) is 7. The van der Waals surface area contributed by atoms with E-state index in [1.54, 1.807) is 0 Å². The Bertz CT molecular complexity index is 848. The molecule has 0 saturated heterocycles. The average Bonchev–Trinajstić information content (AvgIpc) is 3.30. The van der Waals surface area contributed by atoms with Gasteiger partial charge in [0.05, 0.1) is 5.25 Å². The maximum absolute atomic E-state index is 12.4. The van der Waals surface area contributed by atoms with E-state index >= 15 is 0 Å². The molecule has 1 atom stereocenters. The van der Waals surface area contributed by atoms with Crippen LogP contribution in [0, 0.1) is 0 Å². The highest BCUT2D eigenvalue weighted by Crippen LogP contribution is 2.24.